The van der Waals surface area contributed by atoms with Crippen LogP contribution in [0.5, 0.6) is 0 Å². The van der Waals surface area contributed by atoms with Crippen molar-refractivity contribution in [1.82, 2.24) is 15.0 Å². The van der Waals surface area contributed by atoms with Crippen LogP contribution in [0, 0.1) is 0 Å². The highest BCUT2D eigenvalue weighted by molar-refractivity contribution is 7.92. The molecule has 0 spiro atoms. The molecule has 3 aromatic rings. The summed E-state index contributed by atoms with van der Waals surface area (Å²) in [4.78, 5) is 25.2. The maximum atomic E-state index is 11.8. The van der Waals surface area contributed by atoms with Gasteiger partial charge in [-0.3, -0.25) is 9.52 Å². The molecule has 3 N–H and O–H groups in total. The van der Waals surface area contributed by atoms with Gasteiger partial charge in [0.05, 0.1) is 17.6 Å². The van der Waals surface area contributed by atoms with E-state index in [1.165, 1.54) is 17.5 Å². The molecule has 0 radical (unpaired) electrons. The summed E-state index contributed by atoms with van der Waals surface area (Å²) >= 11 is 7.16. The van der Waals surface area contributed by atoms with E-state index in [9.17, 15) is 13.2 Å². The zero-order chi connectivity index (χ0) is 20.3. The molecule has 28 heavy (non-hydrogen) atoms. The second kappa shape index (κ2) is 8.35. The molecule has 9 nitrogen and oxygen atoms in total. The number of nitrogens with one attached hydrogen (secondary N) is 2. The molecule has 0 fully saturated rings. The summed E-state index contributed by atoms with van der Waals surface area (Å²) in [5.41, 5.74) is 1.89. The predicted octanol–water partition coefficient (Wildman–Crippen LogP) is 2.49. The molecule has 3 rings (SSSR count). The molecule has 0 aliphatic carbocycles. The minimum absolute atomic E-state index is 0.0286. The number of anilines is 2. The number of nitrogens with zero attached hydrogens (tertiary/aromatic N) is 3. The number of carbonyl (C=O) groups is 1. The standard InChI is InChI=1S/C16H16ClN5O4S2/c1-28(25,26)22-12-7-9(8-18-14(12)17)10-4-5-11-15(19-10)27-16(20-11)21-13(24)3-2-6-23/h4-5,7-8,22-23H,2-3,6H2,1H3,(H,20,21,24). The number of aromatic nitrogens is 3. The summed E-state index contributed by atoms with van der Waals surface area (Å²) < 4.78 is 25.2. The minimum atomic E-state index is -3.51. The van der Waals surface area contributed by atoms with E-state index in [4.69, 9.17) is 16.7 Å². The molecule has 0 aliphatic rings. The van der Waals surface area contributed by atoms with E-state index in [2.05, 4.69) is 25.0 Å². The zero-order valence-corrected chi connectivity index (χ0v) is 17.0. The van der Waals surface area contributed by atoms with E-state index < -0.39 is 10.0 Å². The zero-order valence-electron chi connectivity index (χ0n) is 14.6. The number of hydrogen-bond donors (Lipinski definition) is 3. The first-order valence-electron chi connectivity index (χ1n) is 8.07. The number of aliphatic hydroxyl groups excluding tert-OH is 1. The summed E-state index contributed by atoms with van der Waals surface area (Å²) in [6, 6.07) is 5.01. The number of sulfonamides is 1. The Morgan fingerprint density at radius 3 is 2.82 bits per heavy atom. The smallest absolute Gasteiger partial charge is 0.229 e. The second-order valence-electron chi connectivity index (χ2n) is 5.85. The van der Waals surface area contributed by atoms with Gasteiger partial charge in [0.2, 0.25) is 15.9 Å². The molecule has 0 aromatic carbocycles. The lowest BCUT2D eigenvalue weighted by molar-refractivity contribution is -0.116. The highest BCUT2D eigenvalue weighted by Gasteiger charge is 2.13. The topological polar surface area (TPSA) is 134 Å². The van der Waals surface area contributed by atoms with Gasteiger partial charge in [-0.1, -0.05) is 22.9 Å². The summed E-state index contributed by atoms with van der Waals surface area (Å²) in [6.07, 6.45) is 3.10. The van der Waals surface area contributed by atoms with Crippen LogP contribution in [-0.2, 0) is 14.8 Å². The van der Waals surface area contributed by atoms with Crippen LogP contribution in [-0.4, -0.2) is 47.2 Å². The maximum Gasteiger partial charge on any atom is 0.229 e. The lowest BCUT2D eigenvalue weighted by Gasteiger charge is -2.08. The summed E-state index contributed by atoms with van der Waals surface area (Å²) in [6.45, 7) is -0.0521. The van der Waals surface area contributed by atoms with Crippen molar-refractivity contribution in [2.75, 3.05) is 22.9 Å². The van der Waals surface area contributed by atoms with Gasteiger partial charge in [0, 0.05) is 24.8 Å². The fourth-order valence-electron chi connectivity index (χ4n) is 2.31. The SMILES string of the molecule is CS(=O)(=O)Nc1cc(-c2ccc3nc(NC(=O)CCCO)sc3n2)cnc1Cl. The van der Waals surface area contributed by atoms with E-state index in [-0.39, 0.29) is 29.8 Å². The molecule has 12 heteroatoms. The van der Waals surface area contributed by atoms with Crippen molar-refractivity contribution in [2.45, 2.75) is 12.8 Å². The number of fused-ring (bicyclic) bond motifs is 1. The van der Waals surface area contributed by atoms with Crippen LogP contribution in [0.2, 0.25) is 5.15 Å². The van der Waals surface area contributed by atoms with E-state index in [0.717, 1.165) is 6.26 Å². The number of rotatable bonds is 7. The van der Waals surface area contributed by atoms with Crippen molar-refractivity contribution in [3.8, 4) is 11.3 Å². The molecule has 1 amide bonds. The molecular formula is C16H16ClN5O4S2. The third-order valence-corrected chi connectivity index (χ3v) is 5.27. The molecule has 0 aliphatic heterocycles. The maximum absolute atomic E-state index is 11.8. The number of amides is 1. The average Bonchev–Trinajstić information content (AvgIpc) is 3.02. The van der Waals surface area contributed by atoms with Crippen molar-refractivity contribution in [2.24, 2.45) is 0 Å². The van der Waals surface area contributed by atoms with Gasteiger partial charge in [0.15, 0.2) is 10.3 Å². The van der Waals surface area contributed by atoms with Gasteiger partial charge < -0.3 is 10.4 Å². The minimum Gasteiger partial charge on any atom is -0.396 e. The van der Waals surface area contributed by atoms with Crippen LogP contribution in [0.15, 0.2) is 24.4 Å². The highest BCUT2D eigenvalue weighted by atomic mass is 35.5. The largest absolute Gasteiger partial charge is 0.396 e. The van der Waals surface area contributed by atoms with E-state index in [0.29, 0.717) is 33.2 Å². The van der Waals surface area contributed by atoms with Crippen molar-refractivity contribution < 1.29 is 18.3 Å². The number of halogens is 1. The fraction of sp³-hybridized carbons (Fsp3) is 0.250. The lowest BCUT2D eigenvalue weighted by Crippen LogP contribution is -2.11. The first kappa shape index (κ1) is 20.4. The lowest BCUT2D eigenvalue weighted by atomic mass is 10.2. The first-order valence-corrected chi connectivity index (χ1v) is 11.2. The van der Waals surface area contributed by atoms with Crippen LogP contribution < -0.4 is 10.0 Å². The Morgan fingerprint density at radius 2 is 2.11 bits per heavy atom. The number of pyridine rings is 2. The molecule has 0 bridgehead atoms. The number of aliphatic hydroxyl groups is 1. The van der Waals surface area contributed by atoms with Crippen LogP contribution >= 0.6 is 22.9 Å². The average molecular weight is 442 g/mol. The third-order valence-electron chi connectivity index (χ3n) is 3.49. The van der Waals surface area contributed by atoms with Gasteiger partial charge >= 0.3 is 0 Å². The van der Waals surface area contributed by atoms with Gasteiger partial charge in [-0.05, 0) is 24.6 Å². The van der Waals surface area contributed by atoms with Crippen LogP contribution in [0.3, 0.4) is 0 Å². The molecule has 0 saturated heterocycles. The molecule has 0 saturated carbocycles. The van der Waals surface area contributed by atoms with Crippen molar-refractivity contribution >= 4 is 60.0 Å². The first-order chi connectivity index (χ1) is 13.2. The number of hydrogen-bond acceptors (Lipinski definition) is 8. The van der Waals surface area contributed by atoms with E-state index >= 15 is 0 Å². The van der Waals surface area contributed by atoms with Gasteiger partial charge in [0.1, 0.15) is 10.3 Å². The molecule has 148 valence electrons. The Bertz CT molecular complexity index is 1130. The Balaban J connectivity index is 1.88. The molecule has 0 atom stereocenters. The Hall–Kier alpha value is -2.34. The van der Waals surface area contributed by atoms with Gasteiger partial charge in [-0.15, -0.1) is 0 Å². The third kappa shape index (κ3) is 5.13. The van der Waals surface area contributed by atoms with Crippen molar-refractivity contribution in [1.29, 1.82) is 0 Å². The van der Waals surface area contributed by atoms with Gasteiger partial charge in [-0.2, -0.15) is 0 Å². The molecular weight excluding hydrogens is 426 g/mol. The van der Waals surface area contributed by atoms with Crippen molar-refractivity contribution in [3.05, 3.63) is 29.5 Å². The summed E-state index contributed by atoms with van der Waals surface area (Å²) in [7, 11) is -3.51. The van der Waals surface area contributed by atoms with E-state index in [1.54, 1.807) is 18.2 Å². The summed E-state index contributed by atoms with van der Waals surface area (Å²) in [5.74, 6) is -0.230. The van der Waals surface area contributed by atoms with Crippen LogP contribution in [0.25, 0.3) is 21.6 Å². The molecule has 3 aromatic heterocycles. The van der Waals surface area contributed by atoms with Crippen LogP contribution in [0.1, 0.15) is 12.8 Å². The quantitative estimate of drug-likeness (QED) is 0.479. The fourth-order valence-corrected chi connectivity index (χ4v) is 3.93. The van der Waals surface area contributed by atoms with E-state index in [1.807, 2.05) is 0 Å². The Labute approximate surface area is 169 Å². The van der Waals surface area contributed by atoms with Crippen LogP contribution in [0.4, 0.5) is 10.8 Å². The highest BCUT2D eigenvalue weighted by Crippen LogP contribution is 2.30. The number of carbonyl (C=O) groups excluding carboxylic acids is 1. The molecule has 3 heterocycles. The van der Waals surface area contributed by atoms with Gasteiger partial charge in [0.25, 0.3) is 0 Å². The van der Waals surface area contributed by atoms with Gasteiger partial charge in [-0.25, -0.2) is 23.4 Å². The molecule has 0 unspecified atom stereocenters. The Kier molecular flexibility index (Phi) is 6.08. The Morgan fingerprint density at radius 1 is 1.32 bits per heavy atom. The van der Waals surface area contributed by atoms with Crippen molar-refractivity contribution in [3.63, 3.8) is 0 Å². The summed E-state index contributed by atoms with van der Waals surface area (Å²) in [5, 5.41) is 11.9. The normalized spacial score (nSPS) is 11.5. The monoisotopic (exact) mass is 441 g/mol. The number of thiazole rings is 1. The predicted molar refractivity (Wildman–Crippen MR) is 109 cm³/mol. The second-order valence-corrected chi connectivity index (χ2v) is 8.94.